The topological polar surface area (TPSA) is 81.9 Å². The van der Waals surface area contributed by atoms with E-state index in [2.05, 4.69) is 9.89 Å². The van der Waals surface area contributed by atoms with Gasteiger partial charge in [0.05, 0.1) is 26.2 Å². The normalized spacial score (nSPS) is 22.1. The highest BCUT2D eigenvalue weighted by Gasteiger charge is 2.32. The van der Waals surface area contributed by atoms with Gasteiger partial charge in [-0.3, -0.25) is 9.59 Å². The Bertz CT molecular complexity index is 537. The molecule has 1 unspecified atom stereocenters. The number of rotatable bonds is 4. The molecule has 0 radical (unpaired) electrons. The predicted molar refractivity (Wildman–Crippen MR) is 70.8 cm³/mol. The lowest BCUT2D eigenvalue weighted by molar-refractivity contribution is -0.145. The molecule has 1 aliphatic heterocycles. The number of carbonyl (C=O) groups excluding carboxylic acids is 2. The maximum absolute atomic E-state index is 12.4. The quantitative estimate of drug-likeness (QED) is 0.769. The molecule has 0 aromatic carbocycles. The average Bonchev–Trinajstić information content (AvgIpc) is 3.24. The molecule has 3 rings (SSSR count). The molecule has 1 atom stereocenters. The van der Waals surface area contributed by atoms with Crippen molar-refractivity contribution < 1.29 is 23.6 Å². The molecule has 2 aliphatic rings. The summed E-state index contributed by atoms with van der Waals surface area (Å²) in [4.78, 5) is 25.3. The number of morpholine rings is 1. The summed E-state index contributed by atoms with van der Waals surface area (Å²) in [6.07, 6.45) is 2.01. The molecule has 0 spiro atoms. The van der Waals surface area contributed by atoms with Crippen LogP contribution in [-0.2, 0) is 14.3 Å². The summed E-state index contributed by atoms with van der Waals surface area (Å²) in [7, 11) is 1.34. The smallest absolute Gasteiger partial charge is 0.308 e. The van der Waals surface area contributed by atoms with E-state index in [-0.39, 0.29) is 24.4 Å². The summed E-state index contributed by atoms with van der Waals surface area (Å²) in [5.74, 6) is 0.698. The van der Waals surface area contributed by atoms with Gasteiger partial charge in [0.2, 0.25) is 0 Å². The van der Waals surface area contributed by atoms with E-state index < -0.39 is 0 Å². The summed E-state index contributed by atoms with van der Waals surface area (Å²) in [6, 6.07) is 1.73. The third-order valence-electron chi connectivity index (χ3n) is 3.78. The molecule has 0 bridgehead atoms. The molecule has 1 amide bonds. The van der Waals surface area contributed by atoms with Crippen molar-refractivity contribution in [3.8, 4) is 0 Å². The monoisotopic (exact) mass is 294 g/mol. The molecule has 1 aromatic heterocycles. The Morgan fingerprint density at radius 3 is 3.00 bits per heavy atom. The summed E-state index contributed by atoms with van der Waals surface area (Å²) >= 11 is 0. The largest absolute Gasteiger partial charge is 0.469 e. The zero-order valence-electron chi connectivity index (χ0n) is 11.9. The van der Waals surface area contributed by atoms with Gasteiger partial charge in [-0.25, -0.2) is 0 Å². The SMILES string of the molecule is COC(=O)CC1CN(C(=O)c2cc(C3CC3)on2)CCO1. The molecule has 114 valence electrons. The van der Waals surface area contributed by atoms with Crippen LogP contribution >= 0.6 is 0 Å². The average molecular weight is 294 g/mol. The maximum atomic E-state index is 12.4. The van der Waals surface area contributed by atoms with Gasteiger partial charge in [0, 0.05) is 25.1 Å². The lowest BCUT2D eigenvalue weighted by Crippen LogP contribution is -2.46. The molecule has 1 aliphatic carbocycles. The van der Waals surface area contributed by atoms with E-state index in [1.807, 2.05) is 0 Å². The lowest BCUT2D eigenvalue weighted by atomic mass is 10.2. The van der Waals surface area contributed by atoms with Crippen LogP contribution in [0, 0.1) is 0 Å². The standard InChI is InChI=1S/C14H18N2O5/c1-19-13(17)6-10-8-16(4-5-20-10)14(18)11-7-12(21-15-11)9-2-3-9/h7,9-10H,2-6,8H2,1H3. The number of esters is 1. The van der Waals surface area contributed by atoms with Gasteiger partial charge in [-0.2, -0.15) is 0 Å². The fourth-order valence-corrected chi connectivity index (χ4v) is 2.41. The number of hydrogen-bond donors (Lipinski definition) is 0. The Labute approximate surface area is 122 Å². The van der Waals surface area contributed by atoms with Crippen molar-refractivity contribution in [2.24, 2.45) is 0 Å². The Morgan fingerprint density at radius 2 is 2.29 bits per heavy atom. The summed E-state index contributed by atoms with van der Waals surface area (Å²) < 4.78 is 15.3. The van der Waals surface area contributed by atoms with Crippen LogP contribution in [0.25, 0.3) is 0 Å². The van der Waals surface area contributed by atoms with Crippen LogP contribution in [0.5, 0.6) is 0 Å². The fourth-order valence-electron chi connectivity index (χ4n) is 2.41. The molecule has 2 heterocycles. The van der Waals surface area contributed by atoms with E-state index in [0.717, 1.165) is 18.6 Å². The molecular weight excluding hydrogens is 276 g/mol. The first-order valence-electron chi connectivity index (χ1n) is 7.11. The van der Waals surface area contributed by atoms with Crippen LogP contribution in [0.1, 0.15) is 41.4 Å². The van der Waals surface area contributed by atoms with Crippen LogP contribution in [-0.4, -0.2) is 54.8 Å². The first-order valence-corrected chi connectivity index (χ1v) is 7.11. The molecule has 21 heavy (non-hydrogen) atoms. The Balaban J connectivity index is 1.61. The lowest BCUT2D eigenvalue weighted by Gasteiger charge is -2.31. The first-order chi connectivity index (χ1) is 10.2. The minimum absolute atomic E-state index is 0.145. The molecule has 0 N–H and O–H groups in total. The van der Waals surface area contributed by atoms with Gasteiger partial charge in [-0.1, -0.05) is 5.16 Å². The van der Waals surface area contributed by atoms with Crippen LogP contribution in [0.4, 0.5) is 0 Å². The second-order valence-electron chi connectivity index (χ2n) is 5.41. The number of hydrogen-bond acceptors (Lipinski definition) is 6. The van der Waals surface area contributed by atoms with E-state index in [1.165, 1.54) is 7.11 Å². The molecule has 1 saturated heterocycles. The Morgan fingerprint density at radius 1 is 1.48 bits per heavy atom. The second kappa shape index (κ2) is 5.85. The summed E-state index contributed by atoms with van der Waals surface area (Å²) in [6.45, 7) is 1.25. The number of aromatic nitrogens is 1. The van der Waals surface area contributed by atoms with Gasteiger partial charge in [-0.05, 0) is 12.8 Å². The molecule has 1 saturated carbocycles. The highest BCUT2D eigenvalue weighted by molar-refractivity contribution is 5.92. The minimum atomic E-state index is -0.341. The van der Waals surface area contributed by atoms with Crippen LogP contribution in [0.2, 0.25) is 0 Å². The van der Waals surface area contributed by atoms with Crippen molar-refractivity contribution in [3.63, 3.8) is 0 Å². The van der Waals surface area contributed by atoms with E-state index in [0.29, 0.717) is 31.3 Å². The number of carbonyl (C=O) groups is 2. The number of ether oxygens (including phenoxy) is 2. The molecular formula is C14H18N2O5. The zero-order valence-corrected chi connectivity index (χ0v) is 11.9. The van der Waals surface area contributed by atoms with Crippen molar-refractivity contribution in [2.45, 2.75) is 31.3 Å². The third-order valence-corrected chi connectivity index (χ3v) is 3.78. The highest BCUT2D eigenvalue weighted by atomic mass is 16.5. The number of methoxy groups -OCH3 is 1. The fraction of sp³-hybridized carbons (Fsp3) is 0.643. The highest BCUT2D eigenvalue weighted by Crippen LogP contribution is 2.40. The molecule has 2 fully saturated rings. The molecule has 7 heteroatoms. The number of amides is 1. The van der Waals surface area contributed by atoms with Crippen molar-refractivity contribution in [1.82, 2.24) is 10.1 Å². The third kappa shape index (κ3) is 3.24. The summed E-state index contributed by atoms with van der Waals surface area (Å²) in [5, 5.41) is 3.86. The molecule has 1 aromatic rings. The van der Waals surface area contributed by atoms with Crippen LogP contribution in [0.3, 0.4) is 0 Å². The van der Waals surface area contributed by atoms with E-state index in [4.69, 9.17) is 9.26 Å². The maximum Gasteiger partial charge on any atom is 0.308 e. The van der Waals surface area contributed by atoms with Gasteiger partial charge in [-0.15, -0.1) is 0 Å². The predicted octanol–water partition coefficient (Wildman–Crippen LogP) is 0.956. The van der Waals surface area contributed by atoms with Gasteiger partial charge < -0.3 is 18.9 Å². The minimum Gasteiger partial charge on any atom is -0.469 e. The van der Waals surface area contributed by atoms with Gasteiger partial charge in [0.1, 0.15) is 5.76 Å². The van der Waals surface area contributed by atoms with Crippen molar-refractivity contribution in [3.05, 3.63) is 17.5 Å². The van der Waals surface area contributed by atoms with Crippen molar-refractivity contribution in [2.75, 3.05) is 26.8 Å². The van der Waals surface area contributed by atoms with Crippen molar-refractivity contribution in [1.29, 1.82) is 0 Å². The van der Waals surface area contributed by atoms with E-state index in [1.54, 1.807) is 11.0 Å². The number of nitrogens with zero attached hydrogens (tertiary/aromatic N) is 2. The van der Waals surface area contributed by atoms with Crippen LogP contribution < -0.4 is 0 Å². The van der Waals surface area contributed by atoms with Crippen LogP contribution in [0.15, 0.2) is 10.6 Å². The molecule has 7 nitrogen and oxygen atoms in total. The van der Waals surface area contributed by atoms with Gasteiger partial charge in [0.25, 0.3) is 5.91 Å². The van der Waals surface area contributed by atoms with Gasteiger partial charge >= 0.3 is 5.97 Å². The van der Waals surface area contributed by atoms with Crippen molar-refractivity contribution >= 4 is 11.9 Å². The van der Waals surface area contributed by atoms with Gasteiger partial charge in [0.15, 0.2) is 5.69 Å². The van der Waals surface area contributed by atoms with E-state index >= 15 is 0 Å². The zero-order chi connectivity index (χ0) is 14.8. The Hall–Kier alpha value is -1.89. The summed E-state index contributed by atoms with van der Waals surface area (Å²) in [5.41, 5.74) is 0.329. The Kier molecular flexibility index (Phi) is 3.92. The van der Waals surface area contributed by atoms with E-state index in [9.17, 15) is 9.59 Å². The second-order valence-corrected chi connectivity index (χ2v) is 5.41. The first kappa shape index (κ1) is 14.1.